The van der Waals surface area contributed by atoms with Gasteiger partial charge in [0.2, 0.25) is 0 Å². The van der Waals surface area contributed by atoms with E-state index in [0.717, 1.165) is 22.7 Å². The van der Waals surface area contributed by atoms with Gasteiger partial charge in [-0.05, 0) is 30.0 Å². The van der Waals surface area contributed by atoms with Gasteiger partial charge in [0.1, 0.15) is 6.61 Å². The summed E-state index contributed by atoms with van der Waals surface area (Å²) in [4.78, 5) is 4.56. The summed E-state index contributed by atoms with van der Waals surface area (Å²) in [7, 11) is 0. The molecule has 0 fully saturated rings. The second kappa shape index (κ2) is 5.60. The number of benzene rings is 1. The third-order valence-corrected chi connectivity index (χ3v) is 3.56. The summed E-state index contributed by atoms with van der Waals surface area (Å²) in [5, 5.41) is 0. The highest BCUT2D eigenvalue weighted by Crippen LogP contribution is 2.26. The van der Waals surface area contributed by atoms with E-state index < -0.39 is 0 Å². The molecule has 0 aliphatic carbocycles. The SMILES string of the molecule is Cc1cn2cc(C(C)C)cc(OCc3ccccc3)c2n1. The Morgan fingerprint density at radius 2 is 1.90 bits per heavy atom. The minimum atomic E-state index is 0.455. The Kier molecular flexibility index (Phi) is 3.65. The van der Waals surface area contributed by atoms with Crippen LogP contribution in [0, 0.1) is 6.92 Å². The van der Waals surface area contributed by atoms with Crippen LogP contribution >= 0.6 is 0 Å². The van der Waals surface area contributed by atoms with Crippen molar-refractivity contribution < 1.29 is 4.74 Å². The molecule has 0 saturated heterocycles. The summed E-state index contributed by atoms with van der Waals surface area (Å²) in [5.74, 6) is 1.30. The number of ether oxygens (including phenoxy) is 1. The van der Waals surface area contributed by atoms with Crippen molar-refractivity contribution in [1.29, 1.82) is 0 Å². The van der Waals surface area contributed by atoms with Gasteiger partial charge in [-0.1, -0.05) is 44.2 Å². The van der Waals surface area contributed by atoms with Crippen molar-refractivity contribution in [3.05, 3.63) is 65.6 Å². The predicted octanol–water partition coefficient (Wildman–Crippen LogP) is 4.35. The van der Waals surface area contributed by atoms with Crippen molar-refractivity contribution in [2.75, 3.05) is 0 Å². The topological polar surface area (TPSA) is 26.5 Å². The van der Waals surface area contributed by atoms with Crippen LogP contribution in [0.4, 0.5) is 0 Å². The number of aromatic nitrogens is 2. The fraction of sp³-hybridized carbons (Fsp3) is 0.278. The molecule has 0 amide bonds. The van der Waals surface area contributed by atoms with Crippen LogP contribution in [0.25, 0.3) is 5.65 Å². The average Bonchev–Trinajstić information content (AvgIpc) is 2.86. The van der Waals surface area contributed by atoms with E-state index in [1.807, 2.05) is 31.3 Å². The van der Waals surface area contributed by atoms with Crippen LogP contribution in [0.3, 0.4) is 0 Å². The summed E-state index contributed by atoms with van der Waals surface area (Å²) < 4.78 is 8.09. The molecule has 3 heteroatoms. The van der Waals surface area contributed by atoms with E-state index in [2.05, 4.69) is 47.6 Å². The highest BCUT2D eigenvalue weighted by Gasteiger charge is 2.10. The Labute approximate surface area is 125 Å². The molecule has 3 rings (SSSR count). The van der Waals surface area contributed by atoms with Crippen LogP contribution in [0.2, 0.25) is 0 Å². The normalized spacial score (nSPS) is 11.2. The quantitative estimate of drug-likeness (QED) is 0.710. The van der Waals surface area contributed by atoms with Crippen molar-refractivity contribution >= 4 is 5.65 Å². The van der Waals surface area contributed by atoms with Crippen molar-refractivity contribution in [3.63, 3.8) is 0 Å². The minimum Gasteiger partial charge on any atom is -0.485 e. The number of hydrogen-bond donors (Lipinski definition) is 0. The van der Waals surface area contributed by atoms with Crippen molar-refractivity contribution in [1.82, 2.24) is 9.38 Å². The molecular formula is C18H20N2O. The second-order valence-electron chi connectivity index (χ2n) is 5.68. The molecule has 2 heterocycles. The largest absolute Gasteiger partial charge is 0.485 e. The Bertz CT molecular complexity index is 745. The molecule has 0 radical (unpaired) electrons. The fourth-order valence-electron chi connectivity index (χ4n) is 2.37. The molecule has 0 bridgehead atoms. The Hall–Kier alpha value is -2.29. The lowest BCUT2D eigenvalue weighted by Crippen LogP contribution is -2.00. The number of fused-ring (bicyclic) bond motifs is 1. The van der Waals surface area contributed by atoms with Gasteiger partial charge in [-0.2, -0.15) is 0 Å². The number of hydrogen-bond acceptors (Lipinski definition) is 2. The zero-order chi connectivity index (χ0) is 14.8. The molecule has 3 aromatic rings. The molecule has 108 valence electrons. The van der Waals surface area contributed by atoms with Gasteiger partial charge in [0, 0.05) is 12.4 Å². The molecule has 21 heavy (non-hydrogen) atoms. The van der Waals surface area contributed by atoms with E-state index in [1.54, 1.807) is 0 Å². The lowest BCUT2D eigenvalue weighted by atomic mass is 10.1. The summed E-state index contributed by atoms with van der Waals surface area (Å²) >= 11 is 0. The van der Waals surface area contributed by atoms with E-state index in [0.29, 0.717) is 12.5 Å². The molecule has 0 unspecified atom stereocenters. The van der Waals surface area contributed by atoms with Crippen LogP contribution in [0.15, 0.2) is 48.8 Å². The third-order valence-electron chi connectivity index (χ3n) is 3.56. The first-order valence-electron chi connectivity index (χ1n) is 7.29. The van der Waals surface area contributed by atoms with E-state index in [9.17, 15) is 0 Å². The number of nitrogens with zero attached hydrogens (tertiary/aromatic N) is 2. The lowest BCUT2D eigenvalue weighted by molar-refractivity contribution is 0.307. The summed E-state index contributed by atoms with van der Waals surface area (Å²) in [6.45, 7) is 6.94. The van der Waals surface area contributed by atoms with Gasteiger partial charge in [-0.15, -0.1) is 0 Å². The van der Waals surface area contributed by atoms with Gasteiger partial charge < -0.3 is 9.14 Å². The third kappa shape index (κ3) is 2.92. The Morgan fingerprint density at radius 1 is 1.14 bits per heavy atom. The van der Waals surface area contributed by atoms with Gasteiger partial charge >= 0.3 is 0 Å². The number of aryl methyl sites for hydroxylation is 1. The molecule has 0 saturated carbocycles. The Morgan fingerprint density at radius 3 is 2.62 bits per heavy atom. The molecule has 0 spiro atoms. The lowest BCUT2D eigenvalue weighted by Gasteiger charge is -2.12. The van der Waals surface area contributed by atoms with E-state index in [1.165, 1.54) is 5.56 Å². The summed E-state index contributed by atoms with van der Waals surface area (Å²) in [6, 6.07) is 12.3. The van der Waals surface area contributed by atoms with E-state index in [-0.39, 0.29) is 0 Å². The van der Waals surface area contributed by atoms with Crippen LogP contribution < -0.4 is 4.74 Å². The van der Waals surface area contributed by atoms with Crippen LogP contribution in [0.1, 0.15) is 36.6 Å². The first-order valence-corrected chi connectivity index (χ1v) is 7.29. The number of rotatable bonds is 4. The summed E-state index contributed by atoms with van der Waals surface area (Å²) in [6.07, 6.45) is 4.17. The van der Waals surface area contributed by atoms with Crippen molar-refractivity contribution in [2.45, 2.75) is 33.3 Å². The number of imidazole rings is 1. The fourth-order valence-corrected chi connectivity index (χ4v) is 2.37. The molecule has 1 aromatic carbocycles. The maximum absolute atomic E-state index is 6.03. The number of pyridine rings is 1. The molecular weight excluding hydrogens is 260 g/mol. The molecule has 0 atom stereocenters. The molecule has 0 aliphatic heterocycles. The second-order valence-corrected chi connectivity index (χ2v) is 5.68. The predicted molar refractivity (Wildman–Crippen MR) is 84.8 cm³/mol. The standard InChI is InChI=1S/C18H20N2O/c1-13(2)16-9-17(18-19-14(3)10-20(18)11-16)21-12-15-7-5-4-6-8-15/h4-11,13H,12H2,1-3H3. The highest BCUT2D eigenvalue weighted by molar-refractivity contribution is 5.56. The molecule has 0 N–H and O–H groups in total. The van der Waals surface area contributed by atoms with Crippen LogP contribution in [-0.4, -0.2) is 9.38 Å². The van der Waals surface area contributed by atoms with Crippen LogP contribution in [-0.2, 0) is 6.61 Å². The first-order chi connectivity index (χ1) is 10.1. The molecule has 3 nitrogen and oxygen atoms in total. The van der Waals surface area contributed by atoms with Crippen molar-refractivity contribution in [3.8, 4) is 5.75 Å². The van der Waals surface area contributed by atoms with Gasteiger partial charge in [0.25, 0.3) is 0 Å². The highest BCUT2D eigenvalue weighted by atomic mass is 16.5. The average molecular weight is 280 g/mol. The monoisotopic (exact) mass is 280 g/mol. The maximum atomic E-state index is 6.03. The summed E-state index contributed by atoms with van der Waals surface area (Å²) in [5.41, 5.74) is 4.30. The van der Waals surface area contributed by atoms with Gasteiger partial charge in [-0.3, -0.25) is 0 Å². The van der Waals surface area contributed by atoms with Crippen LogP contribution in [0.5, 0.6) is 5.75 Å². The Balaban J connectivity index is 1.95. The molecule has 2 aromatic heterocycles. The zero-order valence-electron chi connectivity index (χ0n) is 12.7. The molecule has 0 aliphatic rings. The van der Waals surface area contributed by atoms with E-state index >= 15 is 0 Å². The smallest absolute Gasteiger partial charge is 0.179 e. The minimum absolute atomic E-state index is 0.455. The maximum Gasteiger partial charge on any atom is 0.179 e. The van der Waals surface area contributed by atoms with Gasteiger partial charge in [-0.25, -0.2) is 4.98 Å². The van der Waals surface area contributed by atoms with Gasteiger partial charge in [0.05, 0.1) is 5.69 Å². The van der Waals surface area contributed by atoms with Crippen molar-refractivity contribution in [2.24, 2.45) is 0 Å². The first kappa shape index (κ1) is 13.7. The zero-order valence-corrected chi connectivity index (χ0v) is 12.7. The van der Waals surface area contributed by atoms with Gasteiger partial charge in [0.15, 0.2) is 11.4 Å². The van der Waals surface area contributed by atoms with E-state index in [4.69, 9.17) is 4.74 Å².